The highest BCUT2D eigenvalue weighted by Crippen LogP contribution is 2.30. The number of imide groups is 1. The Labute approximate surface area is 341 Å². The van der Waals surface area contributed by atoms with Gasteiger partial charge in [-0.25, -0.2) is 0 Å². The van der Waals surface area contributed by atoms with E-state index in [4.69, 9.17) is 0 Å². The number of aromatic nitrogens is 1. The molecule has 1 aromatic heterocycles. The highest BCUT2D eigenvalue weighted by molar-refractivity contribution is 6.05. The van der Waals surface area contributed by atoms with E-state index >= 15 is 0 Å². The molecule has 12 heteroatoms. The quantitative estimate of drug-likeness (QED) is 0.111. The fourth-order valence-corrected chi connectivity index (χ4v) is 8.38. The zero-order chi connectivity index (χ0) is 40.3. The predicted octanol–water partition coefficient (Wildman–Crippen LogP) is 4.65. The van der Waals surface area contributed by atoms with Crippen LogP contribution in [-0.4, -0.2) is 108 Å². The average Bonchev–Trinajstić information content (AvgIpc) is 3.59. The summed E-state index contributed by atoms with van der Waals surface area (Å²) >= 11 is 0. The van der Waals surface area contributed by atoms with Crippen molar-refractivity contribution in [2.45, 2.75) is 70.4 Å². The first-order valence-electron chi connectivity index (χ1n) is 20.8. The van der Waals surface area contributed by atoms with Crippen molar-refractivity contribution in [3.8, 4) is 11.8 Å². The fourth-order valence-electron chi connectivity index (χ4n) is 8.38. The SMILES string of the molecule is O=C(/C=C/c1cccnc1)NCCCCC1CCN(C(=O)c2ccc(N3CCN(CCCC#Cc4cccc5c4CN(C4CCC(=O)NC4=O)C5=O)CC3)cc2)CC1. The largest absolute Gasteiger partial charge is 0.369 e. The van der Waals surface area contributed by atoms with Crippen LogP contribution in [0.25, 0.3) is 6.08 Å². The molecule has 0 saturated carbocycles. The highest BCUT2D eigenvalue weighted by Gasteiger charge is 2.39. The van der Waals surface area contributed by atoms with Gasteiger partial charge < -0.3 is 20.0 Å². The number of unbranched alkanes of at least 4 members (excludes halogenated alkanes) is 2. The number of piperidine rings is 2. The third kappa shape index (κ3) is 10.4. The molecule has 12 nitrogen and oxygen atoms in total. The van der Waals surface area contributed by atoms with Crippen molar-refractivity contribution < 1.29 is 24.0 Å². The molecule has 3 fully saturated rings. The van der Waals surface area contributed by atoms with E-state index in [1.807, 2.05) is 41.3 Å². The fraction of sp³-hybridized carbons (Fsp3) is 0.435. The minimum absolute atomic E-state index is 0.0869. The molecule has 2 aromatic carbocycles. The molecule has 302 valence electrons. The third-order valence-corrected chi connectivity index (χ3v) is 11.8. The second-order valence-electron chi connectivity index (χ2n) is 15.7. The zero-order valence-corrected chi connectivity index (χ0v) is 33.2. The van der Waals surface area contributed by atoms with Gasteiger partial charge in [0.1, 0.15) is 6.04 Å². The van der Waals surface area contributed by atoms with Gasteiger partial charge in [-0.15, -0.1) is 0 Å². The molecular formula is C46H53N7O5. The Hall–Kier alpha value is -5.80. The van der Waals surface area contributed by atoms with Crippen molar-refractivity contribution in [1.29, 1.82) is 0 Å². The van der Waals surface area contributed by atoms with Crippen molar-refractivity contribution in [2.24, 2.45) is 5.92 Å². The number of pyridine rings is 1. The summed E-state index contributed by atoms with van der Waals surface area (Å²) in [5.41, 5.74) is 5.05. The third-order valence-electron chi connectivity index (χ3n) is 11.8. The number of benzene rings is 2. The van der Waals surface area contributed by atoms with E-state index in [1.54, 1.807) is 35.5 Å². The van der Waals surface area contributed by atoms with E-state index in [2.05, 4.69) is 49.4 Å². The van der Waals surface area contributed by atoms with Gasteiger partial charge in [0.25, 0.3) is 11.8 Å². The van der Waals surface area contributed by atoms with Crippen molar-refractivity contribution in [3.63, 3.8) is 0 Å². The van der Waals surface area contributed by atoms with Crippen LogP contribution in [0.2, 0.25) is 0 Å². The van der Waals surface area contributed by atoms with Crippen LogP contribution in [-0.2, 0) is 20.9 Å². The van der Waals surface area contributed by atoms with E-state index in [1.165, 1.54) is 0 Å². The molecule has 1 unspecified atom stereocenters. The molecule has 0 aliphatic carbocycles. The van der Waals surface area contributed by atoms with Crippen LogP contribution in [0.15, 0.2) is 73.1 Å². The number of fused-ring (bicyclic) bond motifs is 1. The van der Waals surface area contributed by atoms with Gasteiger partial charge >= 0.3 is 0 Å². The summed E-state index contributed by atoms with van der Waals surface area (Å²) < 4.78 is 0. The Bertz CT molecular complexity index is 2040. The minimum atomic E-state index is -0.633. The van der Waals surface area contributed by atoms with Gasteiger partial charge in [0.15, 0.2) is 0 Å². The van der Waals surface area contributed by atoms with Crippen molar-refractivity contribution in [1.82, 2.24) is 30.3 Å². The summed E-state index contributed by atoms with van der Waals surface area (Å²) in [6, 6.07) is 16.8. The number of piperazine rings is 1. The molecule has 0 bridgehead atoms. The Morgan fingerprint density at radius 2 is 1.71 bits per heavy atom. The lowest BCUT2D eigenvalue weighted by atomic mass is 9.91. The van der Waals surface area contributed by atoms with Crippen LogP contribution >= 0.6 is 0 Å². The van der Waals surface area contributed by atoms with E-state index in [0.29, 0.717) is 31.0 Å². The Morgan fingerprint density at radius 1 is 0.897 bits per heavy atom. The van der Waals surface area contributed by atoms with Crippen molar-refractivity contribution in [2.75, 3.05) is 57.3 Å². The monoisotopic (exact) mass is 783 g/mol. The topological polar surface area (TPSA) is 135 Å². The van der Waals surface area contributed by atoms with Crippen LogP contribution in [0.5, 0.6) is 0 Å². The van der Waals surface area contributed by atoms with Crippen molar-refractivity contribution >= 4 is 41.3 Å². The number of rotatable bonds is 13. The Kier molecular flexibility index (Phi) is 13.6. The van der Waals surface area contributed by atoms with Crippen LogP contribution in [0.1, 0.15) is 95.2 Å². The number of nitrogens with one attached hydrogen (secondary N) is 2. The van der Waals surface area contributed by atoms with Gasteiger partial charge in [0.05, 0.1) is 0 Å². The van der Waals surface area contributed by atoms with Gasteiger partial charge in [-0.2, -0.15) is 0 Å². The molecular weight excluding hydrogens is 731 g/mol. The number of carbonyl (C=O) groups is 5. The van der Waals surface area contributed by atoms with Gasteiger partial charge in [-0.05, 0) is 104 Å². The second-order valence-corrected chi connectivity index (χ2v) is 15.7. The molecule has 58 heavy (non-hydrogen) atoms. The maximum Gasteiger partial charge on any atom is 0.255 e. The maximum atomic E-state index is 13.3. The first-order valence-corrected chi connectivity index (χ1v) is 20.8. The summed E-state index contributed by atoms with van der Waals surface area (Å²) in [6.07, 6.45) is 14.2. The number of nitrogens with zero attached hydrogens (tertiary/aromatic N) is 5. The Balaban J connectivity index is 0.768. The van der Waals surface area contributed by atoms with Crippen LogP contribution in [0.3, 0.4) is 0 Å². The molecule has 4 aliphatic rings. The van der Waals surface area contributed by atoms with E-state index < -0.39 is 11.9 Å². The standard InChI is InChI=1S/C46H53N7O5/c54-42(19-13-35-9-7-23-47-32-35)48-24-4-3-8-34-21-26-52(27-22-34)45(57)37-14-16-38(17-15-37)51-30-28-50(29-31-51)25-5-1-2-10-36-11-6-12-39-40(36)33-53(46(39)58)41-18-20-43(55)49-44(41)56/h6-7,9,11-17,19,23,32,34,41H,1,3-5,8,18,20-22,24-31,33H2,(H,48,54)(H,49,55,56)/b19-13+. The van der Waals surface area contributed by atoms with E-state index in [9.17, 15) is 24.0 Å². The lowest BCUT2D eigenvalue weighted by molar-refractivity contribution is -0.137. The summed E-state index contributed by atoms with van der Waals surface area (Å²) in [6.45, 7) is 7.31. The van der Waals surface area contributed by atoms with Gasteiger partial charge in [-0.1, -0.05) is 36.8 Å². The molecule has 3 aromatic rings. The molecule has 4 aliphatic heterocycles. The van der Waals surface area contributed by atoms with Gasteiger partial charge in [0.2, 0.25) is 17.7 Å². The molecule has 3 saturated heterocycles. The van der Waals surface area contributed by atoms with Crippen molar-refractivity contribution in [3.05, 3.63) is 101 Å². The number of amides is 5. The lowest BCUT2D eigenvalue weighted by Gasteiger charge is -2.36. The van der Waals surface area contributed by atoms with E-state index in [0.717, 1.165) is 119 Å². The molecule has 0 radical (unpaired) electrons. The number of hydrogen-bond donors (Lipinski definition) is 2. The number of likely N-dealkylation sites (tertiary alicyclic amines) is 1. The molecule has 2 N–H and O–H groups in total. The predicted molar refractivity (Wildman–Crippen MR) is 222 cm³/mol. The van der Waals surface area contributed by atoms with Gasteiger partial charge in [-0.3, -0.25) is 39.2 Å². The highest BCUT2D eigenvalue weighted by atomic mass is 16.2. The Morgan fingerprint density at radius 3 is 2.47 bits per heavy atom. The first kappa shape index (κ1) is 40.4. The summed E-state index contributed by atoms with van der Waals surface area (Å²) in [5.74, 6) is 6.34. The summed E-state index contributed by atoms with van der Waals surface area (Å²) in [4.78, 5) is 75.0. The first-order chi connectivity index (χ1) is 28.3. The number of carbonyl (C=O) groups excluding carboxylic acids is 5. The number of anilines is 1. The average molecular weight is 784 g/mol. The minimum Gasteiger partial charge on any atom is -0.369 e. The van der Waals surface area contributed by atoms with Crippen LogP contribution in [0, 0.1) is 17.8 Å². The second kappa shape index (κ2) is 19.6. The lowest BCUT2D eigenvalue weighted by Crippen LogP contribution is -2.52. The molecule has 0 spiro atoms. The van der Waals surface area contributed by atoms with E-state index in [-0.39, 0.29) is 30.0 Å². The van der Waals surface area contributed by atoms with Gasteiger partial charge in [0, 0.05) is 106 Å². The molecule has 1 atom stereocenters. The molecule has 7 rings (SSSR count). The molecule has 5 heterocycles. The van der Waals surface area contributed by atoms with Crippen LogP contribution in [0.4, 0.5) is 5.69 Å². The summed E-state index contributed by atoms with van der Waals surface area (Å²) in [5, 5.41) is 5.32. The smallest absolute Gasteiger partial charge is 0.255 e. The zero-order valence-electron chi connectivity index (χ0n) is 33.2. The summed E-state index contributed by atoms with van der Waals surface area (Å²) in [7, 11) is 0. The number of hydrogen-bond acceptors (Lipinski definition) is 8. The molecule has 5 amide bonds. The maximum absolute atomic E-state index is 13.3. The van der Waals surface area contributed by atoms with Crippen LogP contribution < -0.4 is 15.5 Å². The normalized spacial score (nSPS) is 18.9.